The third kappa shape index (κ3) is 3.75. The highest BCUT2D eigenvalue weighted by Gasteiger charge is 2.33. The molecular weight excluding hydrogens is 297 g/mol. The van der Waals surface area contributed by atoms with E-state index in [4.69, 9.17) is 0 Å². The van der Waals surface area contributed by atoms with Crippen LogP contribution < -0.4 is 10.9 Å². The van der Waals surface area contributed by atoms with Gasteiger partial charge >= 0.3 is 6.18 Å². The van der Waals surface area contributed by atoms with Crippen LogP contribution in [0.15, 0.2) is 47.4 Å². The van der Waals surface area contributed by atoms with Gasteiger partial charge in [0.05, 0.1) is 11.3 Å². The van der Waals surface area contributed by atoms with Crippen molar-refractivity contribution in [2.45, 2.75) is 19.6 Å². The number of halogens is 3. The highest BCUT2D eigenvalue weighted by atomic mass is 19.4. The molecule has 1 aromatic carbocycles. The van der Waals surface area contributed by atoms with Gasteiger partial charge in [-0.1, -0.05) is 18.2 Å². The average molecular weight is 310 g/mol. The molecule has 0 aliphatic heterocycles. The SMILES string of the molecule is Cc1ccc(=O)n(CC(=O)Nc2ccccc2C(F)(F)F)c1. The fourth-order valence-electron chi connectivity index (χ4n) is 1.96. The van der Waals surface area contributed by atoms with Crippen LogP contribution in [0.25, 0.3) is 0 Å². The molecule has 0 spiro atoms. The quantitative estimate of drug-likeness (QED) is 0.948. The van der Waals surface area contributed by atoms with Gasteiger partial charge in [-0.2, -0.15) is 13.2 Å². The number of amides is 1. The summed E-state index contributed by atoms with van der Waals surface area (Å²) < 4.78 is 39.6. The Bertz CT molecular complexity index is 751. The number of aromatic nitrogens is 1. The third-order valence-electron chi connectivity index (χ3n) is 2.95. The summed E-state index contributed by atoms with van der Waals surface area (Å²) in [6.45, 7) is 1.39. The predicted octanol–water partition coefficient (Wildman–Crippen LogP) is 2.81. The molecule has 0 atom stereocenters. The van der Waals surface area contributed by atoms with Crippen molar-refractivity contribution in [1.29, 1.82) is 0 Å². The van der Waals surface area contributed by atoms with Crippen molar-refractivity contribution in [3.63, 3.8) is 0 Å². The summed E-state index contributed by atoms with van der Waals surface area (Å²) in [7, 11) is 0. The molecule has 0 fully saturated rings. The molecule has 116 valence electrons. The van der Waals surface area contributed by atoms with Crippen molar-refractivity contribution in [3.05, 3.63) is 64.1 Å². The Morgan fingerprint density at radius 1 is 1.18 bits per heavy atom. The van der Waals surface area contributed by atoms with Crippen molar-refractivity contribution < 1.29 is 18.0 Å². The summed E-state index contributed by atoms with van der Waals surface area (Å²) >= 11 is 0. The Morgan fingerprint density at radius 3 is 2.55 bits per heavy atom. The standard InChI is InChI=1S/C15H13F3N2O2/c1-10-6-7-14(22)20(8-10)9-13(21)19-12-5-3-2-4-11(12)15(16,17)18/h2-8H,9H2,1H3,(H,19,21). The molecule has 0 saturated heterocycles. The molecule has 0 unspecified atom stereocenters. The van der Waals surface area contributed by atoms with E-state index in [1.54, 1.807) is 13.0 Å². The molecule has 0 aliphatic carbocycles. The van der Waals surface area contributed by atoms with Crippen molar-refractivity contribution >= 4 is 11.6 Å². The number of nitrogens with one attached hydrogen (secondary N) is 1. The molecular formula is C15H13F3N2O2. The number of carbonyl (C=O) groups excluding carboxylic acids is 1. The zero-order valence-electron chi connectivity index (χ0n) is 11.6. The maximum atomic E-state index is 12.8. The minimum atomic E-state index is -4.57. The number of pyridine rings is 1. The van der Waals surface area contributed by atoms with Crippen molar-refractivity contribution in [1.82, 2.24) is 4.57 Å². The van der Waals surface area contributed by atoms with Crippen LogP contribution in [-0.4, -0.2) is 10.5 Å². The predicted molar refractivity (Wildman–Crippen MR) is 75.5 cm³/mol. The topological polar surface area (TPSA) is 51.1 Å². The molecule has 7 heteroatoms. The van der Waals surface area contributed by atoms with E-state index in [0.717, 1.165) is 16.2 Å². The highest BCUT2D eigenvalue weighted by molar-refractivity contribution is 5.91. The Balaban J connectivity index is 2.20. The molecule has 1 amide bonds. The van der Waals surface area contributed by atoms with Crippen molar-refractivity contribution in [2.24, 2.45) is 0 Å². The third-order valence-corrected chi connectivity index (χ3v) is 2.95. The molecule has 0 radical (unpaired) electrons. The minimum Gasteiger partial charge on any atom is -0.324 e. The monoisotopic (exact) mass is 310 g/mol. The Labute approximate surface area is 124 Å². The van der Waals surface area contributed by atoms with E-state index in [9.17, 15) is 22.8 Å². The zero-order valence-corrected chi connectivity index (χ0v) is 11.6. The lowest BCUT2D eigenvalue weighted by Crippen LogP contribution is -2.27. The minimum absolute atomic E-state index is 0.333. The van der Waals surface area contributed by atoms with Gasteiger partial charge in [0.15, 0.2) is 0 Å². The van der Waals surface area contributed by atoms with E-state index >= 15 is 0 Å². The van der Waals surface area contributed by atoms with Gasteiger partial charge in [0, 0.05) is 12.3 Å². The van der Waals surface area contributed by atoms with E-state index in [0.29, 0.717) is 0 Å². The van der Waals surface area contributed by atoms with Gasteiger partial charge in [0.25, 0.3) is 5.56 Å². The van der Waals surface area contributed by atoms with E-state index < -0.39 is 23.2 Å². The number of anilines is 1. The van der Waals surface area contributed by atoms with Gasteiger partial charge in [0.2, 0.25) is 5.91 Å². The number of hydrogen-bond donors (Lipinski definition) is 1. The molecule has 2 aromatic rings. The van der Waals surface area contributed by atoms with E-state index in [-0.39, 0.29) is 12.2 Å². The van der Waals surface area contributed by atoms with Crippen LogP contribution in [0.4, 0.5) is 18.9 Å². The largest absolute Gasteiger partial charge is 0.418 e. The Hall–Kier alpha value is -2.57. The first-order valence-electron chi connectivity index (χ1n) is 6.40. The van der Waals surface area contributed by atoms with Crippen molar-refractivity contribution in [3.8, 4) is 0 Å². The molecule has 0 bridgehead atoms. The lowest BCUT2D eigenvalue weighted by atomic mass is 10.1. The van der Waals surface area contributed by atoms with E-state index in [1.165, 1.54) is 30.5 Å². The summed E-state index contributed by atoms with van der Waals surface area (Å²) in [4.78, 5) is 23.5. The molecule has 4 nitrogen and oxygen atoms in total. The summed E-state index contributed by atoms with van der Waals surface area (Å²) in [6, 6.07) is 7.57. The number of nitrogens with zero attached hydrogens (tertiary/aromatic N) is 1. The van der Waals surface area contributed by atoms with Crippen LogP contribution in [0, 0.1) is 6.92 Å². The average Bonchev–Trinajstić information content (AvgIpc) is 2.42. The van der Waals surface area contributed by atoms with Gasteiger partial charge in [-0.25, -0.2) is 0 Å². The van der Waals surface area contributed by atoms with Crippen LogP contribution in [0.2, 0.25) is 0 Å². The first kappa shape index (κ1) is 15.8. The highest BCUT2D eigenvalue weighted by Crippen LogP contribution is 2.34. The fourth-order valence-corrected chi connectivity index (χ4v) is 1.96. The number of hydrogen-bond acceptors (Lipinski definition) is 2. The summed E-state index contributed by atoms with van der Waals surface area (Å²) in [5, 5.41) is 2.19. The number of alkyl halides is 3. The number of aryl methyl sites for hydroxylation is 1. The molecule has 1 N–H and O–H groups in total. The molecule has 0 aliphatic rings. The van der Waals surface area contributed by atoms with Crippen LogP contribution in [0.5, 0.6) is 0 Å². The van der Waals surface area contributed by atoms with Crippen LogP contribution in [0.1, 0.15) is 11.1 Å². The lowest BCUT2D eigenvalue weighted by Gasteiger charge is -2.14. The number of benzene rings is 1. The summed E-state index contributed by atoms with van der Waals surface area (Å²) in [6.07, 6.45) is -3.10. The molecule has 22 heavy (non-hydrogen) atoms. The summed E-state index contributed by atoms with van der Waals surface area (Å²) in [5.41, 5.74) is -0.895. The lowest BCUT2D eigenvalue weighted by molar-refractivity contribution is -0.137. The second-order valence-corrected chi connectivity index (χ2v) is 4.76. The maximum absolute atomic E-state index is 12.8. The van der Waals surface area contributed by atoms with E-state index in [2.05, 4.69) is 5.32 Å². The molecule has 1 heterocycles. The van der Waals surface area contributed by atoms with Gasteiger partial charge in [-0.05, 0) is 24.6 Å². The van der Waals surface area contributed by atoms with Crippen LogP contribution in [-0.2, 0) is 17.5 Å². The number of carbonyl (C=O) groups is 1. The number of rotatable bonds is 3. The molecule has 0 saturated carbocycles. The van der Waals surface area contributed by atoms with Gasteiger partial charge < -0.3 is 9.88 Å². The second kappa shape index (κ2) is 6.05. The van der Waals surface area contributed by atoms with E-state index in [1.807, 2.05) is 0 Å². The first-order chi connectivity index (χ1) is 10.3. The van der Waals surface area contributed by atoms with Crippen LogP contribution in [0.3, 0.4) is 0 Å². The van der Waals surface area contributed by atoms with Crippen LogP contribution >= 0.6 is 0 Å². The van der Waals surface area contributed by atoms with Gasteiger partial charge in [-0.3, -0.25) is 9.59 Å². The molecule has 1 aromatic heterocycles. The Kier molecular flexibility index (Phi) is 4.35. The summed E-state index contributed by atoms with van der Waals surface area (Å²) in [5.74, 6) is -0.704. The van der Waals surface area contributed by atoms with Gasteiger partial charge in [0.1, 0.15) is 6.54 Å². The first-order valence-corrected chi connectivity index (χ1v) is 6.40. The van der Waals surface area contributed by atoms with Crippen molar-refractivity contribution in [2.75, 3.05) is 5.32 Å². The Morgan fingerprint density at radius 2 is 1.86 bits per heavy atom. The molecule has 2 rings (SSSR count). The fraction of sp³-hybridized carbons (Fsp3) is 0.200. The number of para-hydroxylation sites is 1. The maximum Gasteiger partial charge on any atom is 0.418 e. The normalized spacial score (nSPS) is 11.3. The van der Waals surface area contributed by atoms with Gasteiger partial charge in [-0.15, -0.1) is 0 Å². The second-order valence-electron chi connectivity index (χ2n) is 4.76. The smallest absolute Gasteiger partial charge is 0.324 e. The zero-order chi connectivity index (χ0) is 16.3.